The van der Waals surface area contributed by atoms with E-state index in [1.54, 1.807) is 24.4 Å². The molecule has 40 heavy (non-hydrogen) atoms. The van der Waals surface area contributed by atoms with Crippen LogP contribution in [0.2, 0.25) is 5.02 Å². The molecule has 3 aromatic heterocycles. The van der Waals surface area contributed by atoms with Gasteiger partial charge in [-0.25, -0.2) is 9.67 Å². The van der Waals surface area contributed by atoms with Crippen molar-refractivity contribution in [3.8, 4) is 11.4 Å². The Morgan fingerprint density at radius 1 is 1.18 bits per heavy atom. The molecule has 0 aliphatic rings. The van der Waals surface area contributed by atoms with E-state index in [0.29, 0.717) is 16.5 Å². The molecule has 0 radical (unpaired) electrons. The minimum Gasteiger partial charge on any atom is -0.487 e. The first-order valence-corrected chi connectivity index (χ1v) is 13.4. The van der Waals surface area contributed by atoms with Crippen LogP contribution in [0.3, 0.4) is 0 Å². The number of nitrogens with zero attached hydrogens (tertiary/aromatic N) is 4. The minimum atomic E-state index is -0.324. The predicted octanol–water partition coefficient (Wildman–Crippen LogP) is 6.88. The molecule has 3 heterocycles. The molecule has 5 rings (SSSR count). The summed E-state index contributed by atoms with van der Waals surface area (Å²) in [5.41, 5.74) is 6.60. The fourth-order valence-electron chi connectivity index (χ4n) is 4.73. The number of para-hydroxylation sites is 1. The Hall–Kier alpha value is -4.49. The van der Waals surface area contributed by atoms with E-state index in [2.05, 4.69) is 22.0 Å². The number of hydrogen-bond acceptors (Lipinski definition) is 5. The maximum absolute atomic E-state index is 12.8. The molecule has 2 aromatic carbocycles. The van der Waals surface area contributed by atoms with Crippen LogP contribution in [0.25, 0.3) is 16.6 Å². The summed E-state index contributed by atoms with van der Waals surface area (Å²) in [6.07, 6.45) is 8.05. The molecule has 0 fully saturated rings. The van der Waals surface area contributed by atoms with Gasteiger partial charge in [0.15, 0.2) is 0 Å². The summed E-state index contributed by atoms with van der Waals surface area (Å²) < 4.78 is 8.24. The van der Waals surface area contributed by atoms with Gasteiger partial charge in [0.1, 0.15) is 23.6 Å². The van der Waals surface area contributed by atoms with Gasteiger partial charge in [0, 0.05) is 34.1 Å². The minimum absolute atomic E-state index is 0.202. The Bertz CT molecular complexity index is 1700. The standard InChI is InChI=1S/C32H30ClN5O2/c1-5-9-23-17-35-38(18-23)29-16-21(3)36-31-24(29)10-8-12-30(31)40-19-26-25(14-20(2)15-27(26)33)22(4)37-32(39)28-11-6-7-13-34-28/h5-8,10-18,22H,1,9,19H2,2-4H3,(H,37,39)/t22-/m0/s1. The third kappa shape index (κ3) is 5.75. The van der Waals surface area contributed by atoms with Gasteiger partial charge in [-0.05, 0) is 74.2 Å². The molecule has 1 N–H and O–H groups in total. The van der Waals surface area contributed by atoms with E-state index in [0.717, 1.165) is 51.0 Å². The number of allylic oxidation sites excluding steroid dienone is 1. The van der Waals surface area contributed by atoms with E-state index in [4.69, 9.17) is 21.3 Å². The van der Waals surface area contributed by atoms with Gasteiger partial charge in [0.25, 0.3) is 5.91 Å². The maximum Gasteiger partial charge on any atom is 0.270 e. The molecule has 5 aromatic rings. The smallest absolute Gasteiger partial charge is 0.270 e. The Labute approximate surface area is 238 Å². The third-order valence-electron chi connectivity index (χ3n) is 6.63. The van der Waals surface area contributed by atoms with Crippen molar-refractivity contribution in [2.75, 3.05) is 0 Å². The summed E-state index contributed by atoms with van der Waals surface area (Å²) in [4.78, 5) is 21.8. The average molecular weight is 552 g/mol. The SMILES string of the molecule is C=CCc1cnn(-c2cc(C)nc3c(OCc4c(Cl)cc(C)cc4[C@H](C)NC(=O)c4ccccn4)cccc23)c1. The van der Waals surface area contributed by atoms with Crippen molar-refractivity contribution < 1.29 is 9.53 Å². The number of carbonyl (C=O) groups excluding carboxylic acids is 1. The van der Waals surface area contributed by atoms with E-state index < -0.39 is 0 Å². The first kappa shape index (κ1) is 27.1. The van der Waals surface area contributed by atoms with Gasteiger partial charge in [-0.3, -0.25) is 9.78 Å². The number of ether oxygens (including phenoxy) is 1. The molecule has 1 atom stereocenters. The van der Waals surface area contributed by atoms with Crippen LogP contribution in [0.1, 0.15) is 51.4 Å². The number of fused-ring (bicyclic) bond motifs is 1. The zero-order valence-electron chi connectivity index (χ0n) is 22.7. The molecule has 202 valence electrons. The van der Waals surface area contributed by atoms with Gasteiger partial charge in [-0.1, -0.05) is 41.9 Å². The number of carbonyl (C=O) groups is 1. The van der Waals surface area contributed by atoms with Crippen molar-refractivity contribution in [3.05, 3.63) is 125 Å². The first-order valence-electron chi connectivity index (χ1n) is 13.0. The third-order valence-corrected chi connectivity index (χ3v) is 6.97. The average Bonchev–Trinajstić information content (AvgIpc) is 3.41. The summed E-state index contributed by atoms with van der Waals surface area (Å²) in [5.74, 6) is 0.377. The summed E-state index contributed by atoms with van der Waals surface area (Å²) in [6.45, 7) is 9.87. The monoisotopic (exact) mass is 551 g/mol. The Kier molecular flexibility index (Phi) is 7.94. The number of hydrogen-bond donors (Lipinski definition) is 1. The summed E-state index contributed by atoms with van der Waals surface area (Å²) in [5, 5.41) is 9.09. The highest BCUT2D eigenvalue weighted by Crippen LogP contribution is 2.32. The van der Waals surface area contributed by atoms with Gasteiger partial charge in [0.2, 0.25) is 0 Å². The molecule has 0 aliphatic carbocycles. The van der Waals surface area contributed by atoms with Crippen molar-refractivity contribution in [1.82, 2.24) is 25.1 Å². The summed E-state index contributed by atoms with van der Waals surface area (Å²) in [7, 11) is 0. The van der Waals surface area contributed by atoms with Gasteiger partial charge in [-0.2, -0.15) is 5.10 Å². The number of benzene rings is 2. The second-order valence-corrected chi connectivity index (χ2v) is 10.1. The molecule has 0 saturated heterocycles. The number of pyridine rings is 2. The molecular weight excluding hydrogens is 522 g/mol. The second kappa shape index (κ2) is 11.7. The van der Waals surface area contributed by atoms with Crippen LogP contribution in [0, 0.1) is 13.8 Å². The van der Waals surface area contributed by atoms with Crippen LogP contribution < -0.4 is 10.1 Å². The van der Waals surface area contributed by atoms with Crippen LogP contribution in [-0.2, 0) is 13.0 Å². The lowest BCUT2D eigenvalue weighted by Crippen LogP contribution is -2.28. The van der Waals surface area contributed by atoms with Crippen molar-refractivity contribution in [1.29, 1.82) is 0 Å². The van der Waals surface area contributed by atoms with Crippen molar-refractivity contribution in [2.24, 2.45) is 0 Å². The van der Waals surface area contributed by atoms with Crippen LogP contribution in [0.5, 0.6) is 5.75 Å². The molecule has 0 spiro atoms. The largest absolute Gasteiger partial charge is 0.487 e. The summed E-state index contributed by atoms with van der Waals surface area (Å²) >= 11 is 6.74. The lowest BCUT2D eigenvalue weighted by atomic mass is 9.99. The van der Waals surface area contributed by atoms with E-state index in [1.807, 2.05) is 80.3 Å². The van der Waals surface area contributed by atoms with Crippen LogP contribution >= 0.6 is 11.6 Å². The second-order valence-electron chi connectivity index (χ2n) is 9.73. The van der Waals surface area contributed by atoms with E-state index in [-0.39, 0.29) is 18.6 Å². The highest BCUT2D eigenvalue weighted by molar-refractivity contribution is 6.31. The fraction of sp³-hybridized carbons (Fsp3) is 0.188. The number of aryl methyl sites for hydroxylation is 2. The Morgan fingerprint density at radius 3 is 2.80 bits per heavy atom. The molecule has 8 heteroatoms. The lowest BCUT2D eigenvalue weighted by Gasteiger charge is -2.21. The summed E-state index contributed by atoms with van der Waals surface area (Å²) in [6, 6.07) is 16.7. The first-order chi connectivity index (χ1) is 19.3. The molecule has 0 aliphatic heterocycles. The van der Waals surface area contributed by atoms with Crippen LogP contribution in [-0.4, -0.2) is 25.7 Å². The number of halogens is 1. The van der Waals surface area contributed by atoms with Gasteiger partial charge in [0.05, 0.1) is 17.9 Å². The van der Waals surface area contributed by atoms with E-state index in [9.17, 15) is 4.79 Å². The van der Waals surface area contributed by atoms with Gasteiger partial charge < -0.3 is 10.1 Å². The van der Waals surface area contributed by atoms with Crippen LogP contribution in [0.4, 0.5) is 0 Å². The Morgan fingerprint density at radius 2 is 2.02 bits per heavy atom. The van der Waals surface area contributed by atoms with Gasteiger partial charge >= 0.3 is 0 Å². The highest BCUT2D eigenvalue weighted by atomic mass is 35.5. The molecule has 0 unspecified atom stereocenters. The van der Waals surface area contributed by atoms with Gasteiger partial charge in [-0.15, -0.1) is 6.58 Å². The van der Waals surface area contributed by atoms with Crippen molar-refractivity contribution in [2.45, 2.75) is 39.8 Å². The van der Waals surface area contributed by atoms with E-state index in [1.165, 1.54) is 0 Å². The normalized spacial score (nSPS) is 11.8. The zero-order chi connectivity index (χ0) is 28.2. The predicted molar refractivity (Wildman–Crippen MR) is 158 cm³/mol. The number of nitrogens with one attached hydrogen (secondary N) is 1. The molecule has 7 nitrogen and oxygen atoms in total. The van der Waals surface area contributed by atoms with E-state index >= 15 is 0 Å². The fourth-order valence-corrected chi connectivity index (χ4v) is 5.07. The number of rotatable bonds is 9. The molecule has 0 bridgehead atoms. The number of aromatic nitrogens is 4. The Balaban J connectivity index is 1.45. The molecule has 0 saturated carbocycles. The van der Waals surface area contributed by atoms with Crippen LogP contribution in [0.15, 0.2) is 85.8 Å². The number of amides is 1. The molecular formula is C32H30ClN5O2. The maximum atomic E-state index is 12.8. The quantitative estimate of drug-likeness (QED) is 0.202. The van der Waals surface area contributed by atoms with Crippen molar-refractivity contribution in [3.63, 3.8) is 0 Å². The van der Waals surface area contributed by atoms with Crippen molar-refractivity contribution >= 4 is 28.4 Å². The lowest BCUT2D eigenvalue weighted by molar-refractivity contribution is 0.0934. The highest BCUT2D eigenvalue weighted by Gasteiger charge is 2.19. The molecule has 1 amide bonds. The zero-order valence-corrected chi connectivity index (χ0v) is 23.4. The topological polar surface area (TPSA) is 81.9 Å².